The van der Waals surface area contributed by atoms with Crippen LogP contribution in [-0.2, 0) is 11.3 Å². The second-order valence-corrected chi connectivity index (χ2v) is 5.82. The molecular weight excluding hydrogens is 298 g/mol. The van der Waals surface area contributed by atoms with E-state index < -0.39 is 0 Å². The van der Waals surface area contributed by atoms with Crippen LogP contribution in [0, 0.1) is 13.8 Å². The fourth-order valence-electron chi connectivity index (χ4n) is 2.12. The minimum Gasteiger partial charge on any atom is -0.293 e. The number of carbonyl (C=O) groups is 1. The molecule has 3 aromatic rings. The summed E-state index contributed by atoms with van der Waals surface area (Å²) >= 11 is 1.59. The van der Waals surface area contributed by atoms with E-state index in [1.54, 1.807) is 22.2 Å². The molecule has 0 aliphatic rings. The molecule has 3 aromatic heterocycles. The Morgan fingerprint density at radius 2 is 2.23 bits per heavy atom. The summed E-state index contributed by atoms with van der Waals surface area (Å²) in [5.41, 5.74) is 2.63. The van der Waals surface area contributed by atoms with Gasteiger partial charge in [0.2, 0.25) is 11.9 Å². The van der Waals surface area contributed by atoms with E-state index in [2.05, 4.69) is 20.4 Å². The lowest BCUT2D eigenvalue weighted by atomic mass is 10.3. The number of aromatic nitrogens is 4. The van der Waals surface area contributed by atoms with Crippen molar-refractivity contribution in [1.29, 1.82) is 0 Å². The van der Waals surface area contributed by atoms with Crippen LogP contribution in [0.2, 0.25) is 0 Å². The lowest BCUT2D eigenvalue weighted by Gasteiger charge is -2.06. The van der Waals surface area contributed by atoms with Crippen LogP contribution in [0.4, 0.5) is 5.95 Å². The molecule has 0 spiro atoms. The van der Waals surface area contributed by atoms with Crippen LogP contribution in [0.15, 0.2) is 35.8 Å². The highest BCUT2D eigenvalue weighted by atomic mass is 32.1. The van der Waals surface area contributed by atoms with Gasteiger partial charge in [0.25, 0.3) is 0 Å². The fraction of sp³-hybridized carbons (Fsp3) is 0.200. The van der Waals surface area contributed by atoms with Gasteiger partial charge in [0.15, 0.2) is 0 Å². The van der Waals surface area contributed by atoms with Crippen molar-refractivity contribution in [2.24, 2.45) is 0 Å². The molecule has 0 aliphatic heterocycles. The van der Waals surface area contributed by atoms with Crippen molar-refractivity contribution in [2.45, 2.75) is 20.4 Å². The van der Waals surface area contributed by atoms with E-state index in [0.29, 0.717) is 5.95 Å². The summed E-state index contributed by atoms with van der Waals surface area (Å²) in [7, 11) is 0. The van der Waals surface area contributed by atoms with Crippen LogP contribution < -0.4 is 5.32 Å². The summed E-state index contributed by atoms with van der Waals surface area (Å²) in [6.07, 6.45) is 1.64. The predicted molar refractivity (Wildman–Crippen MR) is 85.7 cm³/mol. The number of rotatable bonds is 4. The Labute approximate surface area is 131 Å². The van der Waals surface area contributed by atoms with Gasteiger partial charge in [-0.1, -0.05) is 6.07 Å². The van der Waals surface area contributed by atoms with Crippen LogP contribution in [0.5, 0.6) is 0 Å². The summed E-state index contributed by atoms with van der Waals surface area (Å²) < 4.78 is 1.66. The van der Waals surface area contributed by atoms with Crippen molar-refractivity contribution >= 4 is 23.2 Å². The maximum absolute atomic E-state index is 12.1. The molecule has 22 heavy (non-hydrogen) atoms. The minimum atomic E-state index is -0.200. The van der Waals surface area contributed by atoms with Crippen molar-refractivity contribution in [1.82, 2.24) is 19.7 Å². The first kappa shape index (κ1) is 14.4. The third-order valence-electron chi connectivity index (χ3n) is 3.08. The Morgan fingerprint density at radius 1 is 1.36 bits per heavy atom. The Morgan fingerprint density at radius 3 is 2.91 bits per heavy atom. The first-order chi connectivity index (χ1) is 10.6. The number of carbonyl (C=O) groups excluding carboxylic acids is 1. The Balaban J connectivity index is 1.72. The van der Waals surface area contributed by atoms with E-state index in [9.17, 15) is 4.79 Å². The molecule has 0 fully saturated rings. The van der Waals surface area contributed by atoms with Crippen molar-refractivity contribution in [3.05, 3.63) is 47.2 Å². The van der Waals surface area contributed by atoms with Crippen LogP contribution >= 0.6 is 11.3 Å². The van der Waals surface area contributed by atoms with Gasteiger partial charge in [0.05, 0.1) is 16.3 Å². The van der Waals surface area contributed by atoms with Gasteiger partial charge in [0, 0.05) is 11.9 Å². The maximum atomic E-state index is 12.1. The molecule has 0 atom stereocenters. The van der Waals surface area contributed by atoms with Gasteiger partial charge in [-0.15, -0.1) is 11.3 Å². The average Bonchev–Trinajstić information content (AvgIpc) is 3.10. The molecule has 0 unspecified atom stereocenters. The molecule has 0 bridgehead atoms. The van der Waals surface area contributed by atoms with E-state index in [1.807, 2.05) is 43.5 Å². The molecule has 0 saturated heterocycles. The summed E-state index contributed by atoms with van der Waals surface area (Å²) in [6.45, 7) is 3.96. The number of thiophene rings is 1. The molecule has 3 rings (SSSR count). The number of amides is 1. The van der Waals surface area contributed by atoms with Crippen LogP contribution in [0.25, 0.3) is 10.6 Å². The van der Waals surface area contributed by atoms with Crippen LogP contribution in [0.1, 0.15) is 11.4 Å². The molecule has 6 nitrogen and oxygen atoms in total. The maximum Gasteiger partial charge on any atom is 0.248 e. The first-order valence-electron chi connectivity index (χ1n) is 6.79. The molecular formula is C15H15N5OS. The highest BCUT2D eigenvalue weighted by molar-refractivity contribution is 7.13. The standard InChI is InChI=1S/C15H15N5OS/c1-10-8-11(2)20(19-10)9-14(21)18-15-16-6-5-12(17-15)13-4-3-7-22-13/h3-8H,9H2,1-2H3,(H,16,17,18,21). The van der Waals surface area contributed by atoms with E-state index in [-0.39, 0.29) is 12.5 Å². The molecule has 112 valence electrons. The average molecular weight is 313 g/mol. The molecule has 0 saturated carbocycles. The van der Waals surface area contributed by atoms with Gasteiger partial charge in [-0.3, -0.25) is 14.8 Å². The summed E-state index contributed by atoms with van der Waals surface area (Å²) in [5, 5.41) is 8.96. The topological polar surface area (TPSA) is 72.7 Å². The number of nitrogens with zero attached hydrogens (tertiary/aromatic N) is 4. The zero-order valence-corrected chi connectivity index (χ0v) is 13.1. The third-order valence-corrected chi connectivity index (χ3v) is 3.97. The van der Waals surface area contributed by atoms with Gasteiger partial charge in [-0.05, 0) is 37.4 Å². The lowest BCUT2D eigenvalue weighted by Crippen LogP contribution is -2.21. The quantitative estimate of drug-likeness (QED) is 0.803. The molecule has 0 radical (unpaired) electrons. The first-order valence-corrected chi connectivity index (χ1v) is 7.67. The van der Waals surface area contributed by atoms with E-state index in [4.69, 9.17) is 0 Å². The van der Waals surface area contributed by atoms with Gasteiger partial charge in [-0.25, -0.2) is 9.97 Å². The predicted octanol–water partition coefficient (Wildman–Crippen LogP) is 2.66. The number of hydrogen-bond acceptors (Lipinski definition) is 5. The fourth-order valence-corrected chi connectivity index (χ4v) is 2.81. The molecule has 1 amide bonds. The number of aryl methyl sites for hydroxylation is 2. The molecule has 0 aromatic carbocycles. The van der Waals surface area contributed by atoms with Gasteiger partial charge in [-0.2, -0.15) is 5.10 Å². The van der Waals surface area contributed by atoms with Gasteiger partial charge >= 0.3 is 0 Å². The number of hydrogen-bond donors (Lipinski definition) is 1. The Bertz CT molecular complexity index is 794. The summed E-state index contributed by atoms with van der Waals surface area (Å²) in [5.74, 6) is 0.104. The molecule has 7 heteroatoms. The van der Waals surface area contributed by atoms with E-state index in [0.717, 1.165) is 22.0 Å². The Kier molecular flexibility index (Phi) is 3.97. The largest absolute Gasteiger partial charge is 0.293 e. The highest BCUT2D eigenvalue weighted by Gasteiger charge is 2.10. The lowest BCUT2D eigenvalue weighted by molar-refractivity contribution is -0.117. The SMILES string of the molecule is Cc1cc(C)n(CC(=O)Nc2nccc(-c3cccs3)n2)n1. The summed E-state index contributed by atoms with van der Waals surface area (Å²) in [6, 6.07) is 7.70. The zero-order chi connectivity index (χ0) is 15.5. The minimum absolute atomic E-state index is 0.145. The number of nitrogens with one attached hydrogen (secondary N) is 1. The second kappa shape index (κ2) is 6.07. The highest BCUT2D eigenvalue weighted by Crippen LogP contribution is 2.22. The molecule has 0 aliphatic carbocycles. The van der Waals surface area contributed by atoms with Crippen molar-refractivity contribution in [3.8, 4) is 10.6 Å². The summed E-state index contributed by atoms with van der Waals surface area (Å²) in [4.78, 5) is 21.6. The second-order valence-electron chi connectivity index (χ2n) is 4.88. The van der Waals surface area contributed by atoms with E-state index in [1.165, 1.54) is 0 Å². The van der Waals surface area contributed by atoms with E-state index >= 15 is 0 Å². The van der Waals surface area contributed by atoms with Crippen LogP contribution in [0.3, 0.4) is 0 Å². The Hall–Kier alpha value is -2.54. The monoisotopic (exact) mass is 313 g/mol. The van der Waals surface area contributed by atoms with Crippen LogP contribution in [-0.4, -0.2) is 25.7 Å². The molecule has 1 N–H and O–H groups in total. The van der Waals surface area contributed by atoms with Gasteiger partial charge < -0.3 is 0 Å². The normalized spacial score (nSPS) is 10.6. The third kappa shape index (κ3) is 3.20. The van der Waals surface area contributed by atoms with Crippen molar-refractivity contribution in [3.63, 3.8) is 0 Å². The smallest absolute Gasteiger partial charge is 0.248 e. The zero-order valence-electron chi connectivity index (χ0n) is 12.3. The van der Waals surface area contributed by atoms with Gasteiger partial charge in [0.1, 0.15) is 6.54 Å². The number of anilines is 1. The molecule has 3 heterocycles. The van der Waals surface area contributed by atoms with Crippen molar-refractivity contribution < 1.29 is 4.79 Å². The van der Waals surface area contributed by atoms with Crippen molar-refractivity contribution in [2.75, 3.05) is 5.32 Å².